The average Bonchev–Trinajstić information content (AvgIpc) is 3.04. The van der Waals surface area contributed by atoms with Gasteiger partial charge in [0.2, 0.25) is 0 Å². The molecule has 0 fully saturated rings. The lowest BCUT2D eigenvalue weighted by Gasteiger charge is -2.13. The van der Waals surface area contributed by atoms with E-state index in [1.54, 1.807) is 4.90 Å². The van der Waals surface area contributed by atoms with Gasteiger partial charge in [-0.15, -0.1) is 0 Å². The zero-order valence-electron chi connectivity index (χ0n) is 9.96. The SMILES string of the molecule is O=C(O)c1cc(C(=O)N2Cc3ccccc3C2)n[nH]1. The monoisotopic (exact) mass is 257 g/mol. The van der Waals surface area contributed by atoms with Crippen LogP contribution in [-0.2, 0) is 13.1 Å². The summed E-state index contributed by atoms with van der Waals surface area (Å²) in [6, 6.07) is 9.09. The molecule has 96 valence electrons. The molecule has 2 aromatic rings. The van der Waals surface area contributed by atoms with E-state index in [1.807, 2.05) is 24.3 Å². The summed E-state index contributed by atoms with van der Waals surface area (Å²) < 4.78 is 0. The van der Waals surface area contributed by atoms with E-state index in [4.69, 9.17) is 5.11 Å². The van der Waals surface area contributed by atoms with Crippen LogP contribution < -0.4 is 0 Å². The molecule has 6 heteroatoms. The highest BCUT2D eigenvalue weighted by molar-refractivity contribution is 5.95. The van der Waals surface area contributed by atoms with Gasteiger partial charge in [-0.3, -0.25) is 9.89 Å². The number of carbonyl (C=O) groups excluding carboxylic acids is 1. The molecule has 0 radical (unpaired) electrons. The van der Waals surface area contributed by atoms with E-state index in [0.717, 1.165) is 11.1 Å². The van der Waals surface area contributed by atoms with Crippen LogP contribution in [0.3, 0.4) is 0 Å². The first-order valence-corrected chi connectivity index (χ1v) is 5.80. The van der Waals surface area contributed by atoms with Crippen molar-refractivity contribution in [3.63, 3.8) is 0 Å². The molecule has 1 amide bonds. The van der Waals surface area contributed by atoms with Crippen LogP contribution in [0.4, 0.5) is 0 Å². The summed E-state index contributed by atoms with van der Waals surface area (Å²) in [5, 5.41) is 14.9. The fourth-order valence-electron chi connectivity index (χ4n) is 2.18. The number of carboxylic acids is 1. The molecular weight excluding hydrogens is 246 g/mol. The molecule has 1 aliphatic heterocycles. The fourth-order valence-corrected chi connectivity index (χ4v) is 2.18. The van der Waals surface area contributed by atoms with Gasteiger partial charge in [-0.05, 0) is 11.1 Å². The van der Waals surface area contributed by atoms with Gasteiger partial charge < -0.3 is 10.0 Å². The number of hydrogen-bond acceptors (Lipinski definition) is 3. The number of nitrogens with one attached hydrogen (secondary N) is 1. The Morgan fingerprint density at radius 3 is 2.37 bits per heavy atom. The van der Waals surface area contributed by atoms with Crippen molar-refractivity contribution in [3.8, 4) is 0 Å². The Labute approximate surface area is 108 Å². The molecule has 1 aliphatic rings. The number of aromatic amines is 1. The van der Waals surface area contributed by atoms with Gasteiger partial charge in [0.1, 0.15) is 5.69 Å². The van der Waals surface area contributed by atoms with E-state index in [2.05, 4.69) is 10.2 Å². The first-order chi connectivity index (χ1) is 9.15. The molecule has 2 heterocycles. The van der Waals surface area contributed by atoms with Crippen molar-refractivity contribution >= 4 is 11.9 Å². The third kappa shape index (κ3) is 1.97. The van der Waals surface area contributed by atoms with Gasteiger partial charge >= 0.3 is 5.97 Å². The van der Waals surface area contributed by atoms with E-state index in [-0.39, 0.29) is 17.3 Å². The van der Waals surface area contributed by atoms with E-state index in [0.29, 0.717) is 13.1 Å². The maximum absolute atomic E-state index is 12.2. The molecule has 19 heavy (non-hydrogen) atoms. The number of rotatable bonds is 2. The molecule has 0 saturated carbocycles. The summed E-state index contributed by atoms with van der Waals surface area (Å²) in [6.07, 6.45) is 0. The molecule has 6 nitrogen and oxygen atoms in total. The van der Waals surface area contributed by atoms with E-state index < -0.39 is 5.97 Å². The van der Waals surface area contributed by atoms with Crippen LogP contribution in [0.1, 0.15) is 32.1 Å². The fraction of sp³-hybridized carbons (Fsp3) is 0.154. The van der Waals surface area contributed by atoms with Crippen LogP contribution in [0.25, 0.3) is 0 Å². The van der Waals surface area contributed by atoms with E-state index in [9.17, 15) is 9.59 Å². The number of carboxylic acid groups (broad SMARTS) is 1. The summed E-state index contributed by atoms with van der Waals surface area (Å²) in [7, 11) is 0. The minimum Gasteiger partial charge on any atom is -0.477 e. The van der Waals surface area contributed by atoms with Crippen LogP contribution in [0.2, 0.25) is 0 Å². The number of aromatic nitrogens is 2. The Morgan fingerprint density at radius 2 is 1.84 bits per heavy atom. The van der Waals surface area contributed by atoms with Crippen molar-refractivity contribution in [2.45, 2.75) is 13.1 Å². The molecule has 0 saturated heterocycles. The zero-order valence-corrected chi connectivity index (χ0v) is 9.96. The number of aromatic carboxylic acids is 1. The zero-order chi connectivity index (χ0) is 13.4. The molecule has 0 atom stereocenters. The summed E-state index contributed by atoms with van der Waals surface area (Å²) in [5.41, 5.74) is 2.28. The van der Waals surface area contributed by atoms with E-state index >= 15 is 0 Å². The minimum absolute atomic E-state index is 0.0833. The number of hydrogen-bond donors (Lipinski definition) is 2. The van der Waals surface area contributed by atoms with Crippen molar-refractivity contribution in [2.24, 2.45) is 0 Å². The molecule has 2 N–H and O–H groups in total. The van der Waals surface area contributed by atoms with Crippen LogP contribution in [0, 0.1) is 0 Å². The van der Waals surface area contributed by atoms with Gasteiger partial charge in [-0.1, -0.05) is 24.3 Å². The molecule has 0 bridgehead atoms. The molecule has 1 aromatic carbocycles. The highest BCUT2D eigenvalue weighted by Gasteiger charge is 2.26. The van der Waals surface area contributed by atoms with Gasteiger partial charge in [0.15, 0.2) is 5.69 Å². The molecule has 0 spiro atoms. The van der Waals surface area contributed by atoms with Crippen LogP contribution >= 0.6 is 0 Å². The molecular formula is C13H11N3O3. The molecule has 0 aliphatic carbocycles. The van der Waals surface area contributed by atoms with Gasteiger partial charge in [0.05, 0.1) is 0 Å². The second-order valence-electron chi connectivity index (χ2n) is 4.40. The highest BCUT2D eigenvalue weighted by atomic mass is 16.4. The molecule has 1 aromatic heterocycles. The standard InChI is InChI=1S/C13H11N3O3/c17-12(10-5-11(13(18)19)15-14-10)16-6-8-3-1-2-4-9(8)7-16/h1-5H,6-7H2,(H,14,15)(H,18,19). The Hall–Kier alpha value is -2.63. The Balaban J connectivity index is 1.81. The summed E-state index contributed by atoms with van der Waals surface area (Å²) >= 11 is 0. The second kappa shape index (κ2) is 4.24. The van der Waals surface area contributed by atoms with E-state index in [1.165, 1.54) is 6.07 Å². The Morgan fingerprint density at radius 1 is 1.21 bits per heavy atom. The lowest BCUT2D eigenvalue weighted by molar-refractivity contribution is 0.0690. The first-order valence-electron chi connectivity index (χ1n) is 5.80. The van der Waals surface area contributed by atoms with Gasteiger partial charge in [-0.2, -0.15) is 5.10 Å². The number of amides is 1. The van der Waals surface area contributed by atoms with Crippen molar-refractivity contribution in [1.29, 1.82) is 0 Å². The lowest BCUT2D eigenvalue weighted by atomic mass is 10.1. The summed E-state index contributed by atoms with van der Waals surface area (Å²) in [4.78, 5) is 24.6. The number of carbonyl (C=O) groups is 2. The number of fused-ring (bicyclic) bond motifs is 1. The summed E-state index contributed by atoms with van der Waals surface area (Å²) in [5.74, 6) is -1.39. The maximum atomic E-state index is 12.2. The van der Waals surface area contributed by atoms with Gasteiger partial charge in [0, 0.05) is 19.2 Å². The third-order valence-electron chi connectivity index (χ3n) is 3.16. The minimum atomic E-state index is -1.13. The second-order valence-corrected chi connectivity index (χ2v) is 4.40. The maximum Gasteiger partial charge on any atom is 0.353 e. The normalized spacial score (nSPS) is 13.4. The quantitative estimate of drug-likeness (QED) is 0.848. The third-order valence-corrected chi connectivity index (χ3v) is 3.16. The van der Waals surface area contributed by atoms with Crippen molar-refractivity contribution in [2.75, 3.05) is 0 Å². The Kier molecular flexibility index (Phi) is 2.56. The highest BCUT2D eigenvalue weighted by Crippen LogP contribution is 2.23. The van der Waals surface area contributed by atoms with Crippen molar-refractivity contribution < 1.29 is 14.7 Å². The number of benzene rings is 1. The lowest BCUT2D eigenvalue weighted by Crippen LogP contribution is -2.25. The number of nitrogens with zero attached hydrogens (tertiary/aromatic N) is 2. The topological polar surface area (TPSA) is 86.3 Å². The largest absolute Gasteiger partial charge is 0.477 e. The Bertz CT molecular complexity index is 638. The van der Waals surface area contributed by atoms with Crippen LogP contribution in [0.15, 0.2) is 30.3 Å². The van der Waals surface area contributed by atoms with Crippen LogP contribution in [-0.4, -0.2) is 32.1 Å². The van der Waals surface area contributed by atoms with Crippen LogP contribution in [0.5, 0.6) is 0 Å². The predicted molar refractivity (Wildman–Crippen MR) is 65.6 cm³/mol. The van der Waals surface area contributed by atoms with Gasteiger partial charge in [-0.25, -0.2) is 4.79 Å². The molecule has 3 rings (SSSR count). The van der Waals surface area contributed by atoms with Gasteiger partial charge in [0.25, 0.3) is 5.91 Å². The first kappa shape index (κ1) is 11.5. The van der Waals surface area contributed by atoms with Crippen molar-refractivity contribution in [1.82, 2.24) is 15.1 Å². The van der Waals surface area contributed by atoms with Crippen molar-refractivity contribution in [3.05, 3.63) is 52.8 Å². The summed E-state index contributed by atoms with van der Waals surface area (Å²) in [6.45, 7) is 1.06. The average molecular weight is 257 g/mol. The molecule has 0 unspecified atom stereocenters. The number of H-pyrrole nitrogens is 1. The smallest absolute Gasteiger partial charge is 0.353 e. The predicted octanol–water partition coefficient (Wildman–Crippen LogP) is 1.26.